The first-order valence-corrected chi connectivity index (χ1v) is 14.6. The molecule has 0 radical (unpaired) electrons. The van der Waals surface area contributed by atoms with Gasteiger partial charge in [0.2, 0.25) is 5.91 Å². The number of nitrogens with zero attached hydrogens (tertiary/aromatic N) is 2. The number of benzene rings is 1. The summed E-state index contributed by atoms with van der Waals surface area (Å²) in [6.45, 7) is 2.04. The number of carbonyl (C=O) groups is 4. The van der Waals surface area contributed by atoms with Crippen LogP contribution in [0.15, 0.2) is 23.2 Å². The number of amides is 2. The number of methoxy groups -OCH3 is 1. The molecule has 9 nitrogen and oxygen atoms in total. The van der Waals surface area contributed by atoms with Gasteiger partial charge in [-0.05, 0) is 56.4 Å². The molecule has 2 heterocycles. The minimum absolute atomic E-state index is 0.0283. The number of nitrogens with one attached hydrogen (secondary N) is 1. The summed E-state index contributed by atoms with van der Waals surface area (Å²) in [5, 5.41) is 3.35. The van der Waals surface area contributed by atoms with E-state index in [1.54, 1.807) is 36.7 Å². The minimum atomic E-state index is -0.443. The smallest absolute Gasteiger partial charge is 0.341 e. The summed E-state index contributed by atoms with van der Waals surface area (Å²) in [5.74, 6) is -1.42. The van der Waals surface area contributed by atoms with Crippen molar-refractivity contribution in [2.45, 2.75) is 32.6 Å². The monoisotopic (exact) mass is 561 g/mol. The second kappa shape index (κ2) is 12.1. The molecule has 0 saturated carbocycles. The molecule has 3 aromatic rings. The third-order valence-electron chi connectivity index (χ3n) is 5.81. The van der Waals surface area contributed by atoms with Crippen LogP contribution in [0.3, 0.4) is 0 Å². The van der Waals surface area contributed by atoms with E-state index < -0.39 is 11.9 Å². The Morgan fingerprint density at radius 2 is 1.89 bits per heavy atom. The lowest BCUT2D eigenvalue weighted by Crippen LogP contribution is -2.18. The number of rotatable bonds is 8. The number of esters is 2. The van der Waals surface area contributed by atoms with E-state index in [1.165, 1.54) is 29.8 Å². The third-order valence-corrected chi connectivity index (χ3v) is 9.03. The molecule has 0 atom stereocenters. The summed E-state index contributed by atoms with van der Waals surface area (Å²) in [5.41, 5.74) is 2.72. The largest absolute Gasteiger partial charge is 0.465 e. The van der Waals surface area contributed by atoms with Crippen molar-refractivity contribution >= 4 is 73.4 Å². The number of carbonyl (C=O) groups excluding carboxylic acids is 4. The fourth-order valence-electron chi connectivity index (χ4n) is 4.09. The fraction of sp³-hybridized carbons (Fsp3) is 0.400. The van der Waals surface area contributed by atoms with Crippen molar-refractivity contribution < 1.29 is 28.7 Å². The quantitative estimate of drug-likeness (QED) is 0.414. The van der Waals surface area contributed by atoms with Crippen LogP contribution >= 0.6 is 34.4 Å². The van der Waals surface area contributed by atoms with Crippen molar-refractivity contribution in [1.82, 2.24) is 4.57 Å². The maximum Gasteiger partial charge on any atom is 0.341 e. The first-order valence-electron chi connectivity index (χ1n) is 11.8. The number of thiazole rings is 1. The molecule has 196 valence electrons. The Morgan fingerprint density at radius 3 is 2.65 bits per heavy atom. The van der Waals surface area contributed by atoms with E-state index in [4.69, 9.17) is 9.47 Å². The molecule has 0 saturated heterocycles. The summed E-state index contributed by atoms with van der Waals surface area (Å²) >= 11 is 3.88. The third kappa shape index (κ3) is 6.13. The zero-order chi connectivity index (χ0) is 26.5. The molecule has 1 aliphatic carbocycles. The number of ether oxygens (including phenoxy) is 2. The van der Waals surface area contributed by atoms with Gasteiger partial charge in [-0.15, -0.1) is 23.1 Å². The average Bonchev–Trinajstić information content (AvgIpc) is 3.39. The normalized spacial score (nSPS) is 13.3. The van der Waals surface area contributed by atoms with Gasteiger partial charge in [0.25, 0.3) is 5.91 Å². The van der Waals surface area contributed by atoms with Crippen LogP contribution in [0.1, 0.15) is 50.9 Å². The minimum Gasteiger partial charge on any atom is -0.465 e. The van der Waals surface area contributed by atoms with Gasteiger partial charge in [-0.1, -0.05) is 11.3 Å². The Hall–Kier alpha value is -2.96. The number of thiophene rings is 1. The highest BCUT2D eigenvalue weighted by molar-refractivity contribution is 8.00. The van der Waals surface area contributed by atoms with Gasteiger partial charge in [-0.3, -0.25) is 9.59 Å². The van der Waals surface area contributed by atoms with E-state index in [9.17, 15) is 19.2 Å². The van der Waals surface area contributed by atoms with E-state index in [1.807, 2.05) is 0 Å². The molecular formula is C25H27N3O6S3. The van der Waals surface area contributed by atoms with Crippen molar-refractivity contribution in [3.63, 3.8) is 0 Å². The molecule has 0 fully saturated rings. The molecule has 2 aromatic heterocycles. The van der Waals surface area contributed by atoms with E-state index in [0.29, 0.717) is 27.5 Å². The van der Waals surface area contributed by atoms with Crippen LogP contribution in [-0.2, 0) is 39.0 Å². The summed E-state index contributed by atoms with van der Waals surface area (Å²) in [7, 11) is 3.14. The topological polar surface area (TPSA) is 116 Å². The molecule has 0 spiro atoms. The first kappa shape index (κ1) is 27.1. The number of aromatic nitrogens is 1. The van der Waals surface area contributed by atoms with Gasteiger partial charge in [0.05, 0.1) is 46.6 Å². The van der Waals surface area contributed by atoms with Crippen LogP contribution in [0, 0.1) is 0 Å². The predicted octanol–water partition coefficient (Wildman–Crippen LogP) is 3.94. The van der Waals surface area contributed by atoms with Crippen molar-refractivity contribution in [1.29, 1.82) is 0 Å². The van der Waals surface area contributed by atoms with Crippen molar-refractivity contribution in [3.8, 4) is 0 Å². The highest BCUT2D eigenvalue weighted by Gasteiger charge is 2.27. The number of anilines is 1. The molecule has 1 N–H and O–H groups in total. The Labute approximate surface area is 225 Å². The van der Waals surface area contributed by atoms with Crippen molar-refractivity contribution in [3.05, 3.63) is 44.6 Å². The molecule has 4 rings (SSSR count). The molecule has 12 heteroatoms. The molecule has 1 aromatic carbocycles. The van der Waals surface area contributed by atoms with Crippen LogP contribution in [0.4, 0.5) is 5.00 Å². The van der Waals surface area contributed by atoms with E-state index >= 15 is 0 Å². The van der Waals surface area contributed by atoms with Gasteiger partial charge < -0.3 is 19.4 Å². The zero-order valence-corrected chi connectivity index (χ0v) is 23.2. The summed E-state index contributed by atoms with van der Waals surface area (Å²) in [6.07, 6.45) is 3.76. The van der Waals surface area contributed by atoms with Gasteiger partial charge in [0, 0.05) is 11.9 Å². The van der Waals surface area contributed by atoms with E-state index in [0.717, 1.165) is 58.1 Å². The first-order chi connectivity index (χ1) is 17.8. The Balaban J connectivity index is 1.38. The highest BCUT2D eigenvalue weighted by Crippen LogP contribution is 2.38. The zero-order valence-electron chi connectivity index (χ0n) is 20.8. The summed E-state index contributed by atoms with van der Waals surface area (Å²) in [6, 6.07) is 5.21. The Bertz CT molecular complexity index is 1440. The second-order valence-corrected chi connectivity index (χ2v) is 11.4. The van der Waals surface area contributed by atoms with Gasteiger partial charge in [0.1, 0.15) is 5.00 Å². The standard InChI is InChI=1S/C25H27N3O6S3/c1-4-34-23(31)14-9-10-16-18(11-14)37-25(28(16)2)27-20(30)13-35-12-19(29)26-22-21(24(32)33-3)15-7-5-6-8-17(15)36-22/h9-11H,4-8,12-13H2,1-3H3,(H,26,29). The highest BCUT2D eigenvalue weighted by atomic mass is 32.2. The predicted molar refractivity (Wildman–Crippen MR) is 146 cm³/mol. The van der Waals surface area contributed by atoms with Crippen molar-refractivity contribution in [2.24, 2.45) is 12.0 Å². The van der Waals surface area contributed by atoms with Gasteiger partial charge in [-0.25, -0.2) is 9.59 Å². The maximum atomic E-state index is 12.6. The Morgan fingerprint density at radius 1 is 1.11 bits per heavy atom. The molecule has 0 aliphatic heterocycles. The fourth-order valence-corrected chi connectivity index (χ4v) is 7.05. The number of thioether (sulfide) groups is 1. The number of hydrogen-bond donors (Lipinski definition) is 1. The van der Waals surface area contributed by atoms with Gasteiger partial charge in [0.15, 0.2) is 4.80 Å². The van der Waals surface area contributed by atoms with Gasteiger partial charge >= 0.3 is 11.9 Å². The van der Waals surface area contributed by atoms with E-state index in [-0.39, 0.29) is 23.3 Å². The molecule has 0 unspecified atom stereocenters. The molecule has 0 bridgehead atoms. The van der Waals surface area contributed by atoms with Crippen LogP contribution in [0.25, 0.3) is 10.2 Å². The lowest BCUT2D eigenvalue weighted by molar-refractivity contribution is -0.115. The lowest BCUT2D eigenvalue weighted by Gasteiger charge is -2.11. The van der Waals surface area contributed by atoms with Gasteiger partial charge in [-0.2, -0.15) is 4.99 Å². The Kier molecular flexibility index (Phi) is 8.83. The average molecular weight is 562 g/mol. The SMILES string of the molecule is CCOC(=O)c1ccc2c(c1)sc(=NC(=O)CSCC(=O)Nc1sc3c(c1C(=O)OC)CCCC3)n2C. The molecule has 37 heavy (non-hydrogen) atoms. The second-order valence-electron chi connectivity index (χ2n) is 8.30. The van der Waals surface area contributed by atoms with Crippen LogP contribution in [0.5, 0.6) is 0 Å². The number of hydrogen-bond acceptors (Lipinski definition) is 9. The number of fused-ring (bicyclic) bond motifs is 2. The lowest BCUT2D eigenvalue weighted by atomic mass is 9.95. The molecular weight excluding hydrogens is 534 g/mol. The summed E-state index contributed by atoms with van der Waals surface area (Å²) in [4.78, 5) is 55.2. The molecule has 1 aliphatic rings. The maximum absolute atomic E-state index is 12.6. The molecule has 2 amide bonds. The van der Waals surface area contributed by atoms with Crippen LogP contribution < -0.4 is 10.1 Å². The van der Waals surface area contributed by atoms with Crippen LogP contribution in [0.2, 0.25) is 0 Å². The van der Waals surface area contributed by atoms with E-state index in [2.05, 4.69) is 10.3 Å². The summed E-state index contributed by atoms with van der Waals surface area (Å²) < 4.78 is 12.6. The van der Waals surface area contributed by atoms with Crippen LogP contribution in [-0.4, -0.2) is 53.5 Å². The number of aryl methyl sites for hydroxylation is 2. The van der Waals surface area contributed by atoms with Crippen molar-refractivity contribution in [2.75, 3.05) is 30.5 Å².